The molecule has 0 unspecified atom stereocenters. The summed E-state index contributed by atoms with van der Waals surface area (Å²) in [5.41, 5.74) is 3.12. The molecule has 0 spiro atoms. The number of piperazine rings is 1. The largest absolute Gasteiger partial charge is 0.400 e. The summed E-state index contributed by atoms with van der Waals surface area (Å²) in [6.45, 7) is 8.52. The van der Waals surface area contributed by atoms with Gasteiger partial charge in [0.05, 0.1) is 6.54 Å². The van der Waals surface area contributed by atoms with Crippen LogP contribution in [0.5, 0.6) is 0 Å². The van der Waals surface area contributed by atoms with E-state index in [4.69, 9.17) is 9.90 Å². The van der Waals surface area contributed by atoms with E-state index in [-0.39, 0.29) is 5.91 Å². The molecule has 0 aliphatic carbocycles. The summed E-state index contributed by atoms with van der Waals surface area (Å²) in [5.74, 6) is 0.129. The maximum absolute atomic E-state index is 13.2. The zero-order chi connectivity index (χ0) is 21.6. The van der Waals surface area contributed by atoms with E-state index >= 15 is 0 Å². The standard InChI is InChI=1S/C21H27N3O.CH4O.CH2O/c1-3-18-8-7-11-20(16-18)24(19-9-5-4-6-10-19)21(25)17-23-14-12-22(2)13-15-23;2*1-2/h4-11,16H,3,12-15,17H2,1-2H3;2H,1H3;1H2. The van der Waals surface area contributed by atoms with E-state index < -0.39 is 0 Å². The molecule has 29 heavy (non-hydrogen) atoms. The van der Waals surface area contributed by atoms with Crippen molar-refractivity contribution in [3.8, 4) is 0 Å². The Bertz CT molecular complexity index is 716. The van der Waals surface area contributed by atoms with Gasteiger partial charge in [-0.25, -0.2) is 0 Å². The van der Waals surface area contributed by atoms with Crippen LogP contribution in [0.3, 0.4) is 0 Å². The minimum Gasteiger partial charge on any atom is -0.400 e. The van der Waals surface area contributed by atoms with Crippen molar-refractivity contribution in [3.63, 3.8) is 0 Å². The lowest BCUT2D eigenvalue weighted by molar-refractivity contribution is -0.119. The lowest BCUT2D eigenvalue weighted by Gasteiger charge is -2.33. The Morgan fingerprint density at radius 3 is 2.14 bits per heavy atom. The maximum Gasteiger partial charge on any atom is 0.245 e. The molecule has 6 nitrogen and oxygen atoms in total. The molecule has 3 rings (SSSR count). The predicted molar refractivity (Wildman–Crippen MR) is 119 cm³/mol. The molecule has 1 aliphatic heterocycles. The number of likely N-dealkylation sites (N-methyl/N-ethyl adjacent to an activating group) is 1. The zero-order valence-electron chi connectivity index (χ0n) is 17.8. The Morgan fingerprint density at radius 2 is 1.55 bits per heavy atom. The number of aliphatic hydroxyl groups is 1. The number of carbonyl (C=O) groups is 2. The molecular formula is C23H33N3O3. The first kappa shape index (κ1) is 24.5. The highest BCUT2D eigenvalue weighted by Crippen LogP contribution is 2.26. The van der Waals surface area contributed by atoms with Crippen molar-refractivity contribution in [3.05, 3.63) is 60.2 Å². The van der Waals surface area contributed by atoms with E-state index in [0.717, 1.165) is 51.1 Å². The van der Waals surface area contributed by atoms with E-state index in [1.165, 1.54) is 5.56 Å². The second-order valence-electron chi connectivity index (χ2n) is 6.67. The number of anilines is 2. The summed E-state index contributed by atoms with van der Waals surface area (Å²) in [7, 11) is 3.13. The minimum atomic E-state index is 0.129. The second-order valence-corrected chi connectivity index (χ2v) is 6.67. The van der Waals surface area contributed by atoms with Crippen LogP contribution >= 0.6 is 0 Å². The number of carbonyl (C=O) groups excluding carboxylic acids is 2. The summed E-state index contributed by atoms with van der Waals surface area (Å²) in [5, 5.41) is 7.00. The third kappa shape index (κ3) is 7.42. The van der Waals surface area contributed by atoms with Gasteiger partial charge in [-0.1, -0.05) is 37.3 Å². The van der Waals surface area contributed by atoms with Gasteiger partial charge in [0.15, 0.2) is 0 Å². The van der Waals surface area contributed by atoms with E-state index in [1.807, 2.05) is 54.2 Å². The Labute approximate surface area is 174 Å². The smallest absolute Gasteiger partial charge is 0.245 e. The molecular weight excluding hydrogens is 366 g/mol. The highest BCUT2D eigenvalue weighted by atomic mass is 16.2. The number of nitrogens with zero attached hydrogens (tertiary/aromatic N) is 3. The zero-order valence-corrected chi connectivity index (χ0v) is 17.8. The van der Waals surface area contributed by atoms with Crippen LogP contribution in [-0.2, 0) is 16.0 Å². The van der Waals surface area contributed by atoms with Gasteiger partial charge in [0.1, 0.15) is 6.79 Å². The van der Waals surface area contributed by atoms with Crippen LogP contribution < -0.4 is 4.90 Å². The van der Waals surface area contributed by atoms with Gasteiger partial charge in [-0.2, -0.15) is 0 Å². The molecule has 158 valence electrons. The van der Waals surface area contributed by atoms with Crippen molar-refractivity contribution >= 4 is 24.1 Å². The Morgan fingerprint density at radius 1 is 0.966 bits per heavy atom. The first-order valence-electron chi connectivity index (χ1n) is 9.79. The summed E-state index contributed by atoms with van der Waals surface area (Å²) >= 11 is 0. The molecule has 1 aliphatic rings. The van der Waals surface area contributed by atoms with Gasteiger partial charge in [-0.3, -0.25) is 14.6 Å². The fourth-order valence-electron chi connectivity index (χ4n) is 3.20. The van der Waals surface area contributed by atoms with Crippen molar-refractivity contribution in [2.75, 3.05) is 51.8 Å². The normalized spacial score (nSPS) is 14.1. The van der Waals surface area contributed by atoms with Crippen LogP contribution in [0.15, 0.2) is 54.6 Å². The van der Waals surface area contributed by atoms with Crippen molar-refractivity contribution in [1.82, 2.24) is 9.80 Å². The van der Waals surface area contributed by atoms with Gasteiger partial charge in [0.2, 0.25) is 5.91 Å². The number of rotatable bonds is 5. The van der Waals surface area contributed by atoms with Crippen molar-refractivity contribution in [2.24, 2.45) is 0 Å². The number of hydrogen-bond donors (Lipinski definition) is 1. The quantitative estimate of drug-likeness (QED) is 0.837. The van der Waals surface area contributed by atoms with Crippen molar-refractivity contribution in [1.29, 1.82) is 0 Å². The summed E-state index contributed by atoms with van der Waals surface area (Å²) in [6.07, 6.45) is 0.961. The Kier molecular flexibility index (Phi) is 11.5. The van der Waals surface area contributed by atoms with Gasteiger partial charge in [0.25, 0.3) is 0 Å². The average Bonchev–Trinajstić information content (AvgIpc) is 2.79. The van der Waals surface area contributed by atoms with Crippen LogP contribution in [0.1, 0.15) is 12.5 Å². The topological polar surface area (TPSA) is 64.1 Å². The first-order valence-corrected chi connectivity index (χ1v) is 9.79. The molecule has 0 aromatic heterocycles. The maximum atomic E-state index is 13.2. The highest BCUT2D eigenvalue weighted by molar-refractivity contribution is 6.01. The Balaban J connectivity index is 0.000000989. The van der Waals surface area contributed by atoms with Crippen molar-refractivity contribution < 1.29 is 14.7 Å². The molecule has 1 saturated heterocycles. The molecule has 1 N–H and O–H groups in total. The van der Waals surface area contributed by atoms with E-state index in [0.29, 0.717) is 6.54 Å². The molecule has 1 fully saturated rings. The molecule has 2 aromatic rings. The van der Waals surface area contributed by atoms with Crippen LogP contribution in [-0.4, -0.2) is 74.5 Å². The first-order chi connectivity index (χ1) is 14.2. The molecule has 0 saturated carbocycles. The number of benzene rings is 2. The third-order valence-corrected chi connectivity index (χ3v) is 4.80. The Hall–Kier alpha value is -2.54. The molecule has 0 bridgehead atoms. The number of amides is 1. The SMILES string of the molecule is C=O.CCc1cccc(N(C(=O)CN2CCN(C)CC2)c2ccccc2)c1.CO. The molecule has 1 heterocycles. The van der Waals surface area contributed by atoms with Gasteiger partial charge in [-0.05, 0) is 43.3 Å². The van der Waals surface area contributed by atoms with Crippen LogP contribution in [0, 0.1) is 0 Å². The third-order valence-electron chi connectivity index (χ3n) is 4.80. The van der Waals surface area contributed by atoms with E-state index in [9.17, 15) is 4.79 Å². The van der Waals surface area contributed by atoms with Gasteiger partial charge in [0, 0.05) is 44.7 Å². The molecule has 0 atom stereocenters. The van der Waals surface area contributed by atoms with Gasteiger partial charge >= 0.3 is 0 Å². The van der Waals surface area contributed by atoms with Crippen LogP contribution in [0.25, 0.3) is 0 Å². The van der Waals surface area contributed by atoms with Gasteiger partial charge < -0.3 is 14.8 Å². The van der Waals surface area contributed by atoms with Crippen molar-refractivity contribution in [2.45, 2.75) is 13.3 Å². The lowest BCUT2D eigenvalue weighted by atomic mass is 10.1. The number of aliphatic hydroxyl groups excluding tert-OH is 1. The average molecular weight is 400 g/mol. The summed E-state index contributed by atoms with van der Waals surface area (Å²) in [4.78, 5) is 27.6. The molecule has 0 radical (unpaired) electrons. The predicted octanol–water partition coefficient (Wildman–Crippen LogP) is 2.58. The summed E-state index contributed by atoms with van der Waals surface area (Å²) < 4.78 is 0. The lowest BCUT2D eigenvalue weighted by Crippen LogP contribution is -2.48. The fraction of sp³-hybridized carbons (Fsp3) is 0.391. The number of hydrogen-bond acceptors (Lipinski definition) is 5. The number of aryl methyl sites for hydroxylation is 1. The van der Waals surface area contributed by atoms with E-state index in [1.54, 1.807) is 0 Å². The monoisotopic (exact) mass is 399 g/mol. The molecule has 2 aromatic carbocycles. The summed E-state index contributed by atoms with van der Waals surface area (Å²) in [6, 6.07) is 18.2. The van der Waals surface area contributed by atoms with Crippen LogP contribution in [0.2, 0.25) is 0 Å². The number of para-hydroxylation sites is 1. The van der Waals surface area contributed by atoms with Crippen LogP contribution in [0.4, 0.5) is 11.4 Å². The van der Waals surface area contributed by atoms with E-state index in [2.05, 4.69) is 35.9 Å². The van der Waals surface area contributed by atoms with Gasteiger partial charge in [-0.15, -0.1) is 0 Å². The minimum absolute atomic E-state index is 0.129. The molecule has 1 amide bonds. The second kappa shape index (κ2) is 13.6. The fourth-order valence-corrected chi connectivity index (χ4v) is 3.20. The highest BCUT2D eigenvalue weighted by Gasteiger charge is 2.22. The molecule has 6 heteroatoms.